The number of carbonyl (C=O) groups is 1. The number of nitrogens with one attached hydrogen (secondary N) is 1. The molecule has 0 aromatic carbocycles. The van der Waals surface area contributed by atoms with Crippen molar-refractivity contribution in [2.45, 2.75) is 32.2 Å². The van der Waals surface area contributed by atoms with E-state index in [1.54, 1.807) is 13.8 Å². The minimum atomic E-state index is -3.69. The highest BCUT2D eigenvalue weighted by molar-refractivity contribution is 7.89. The van der Waals surface area contributed by atoms with Crippen molar-refractivity contribution in [2.24, 2.45) is 0 Å². The van der Waals surface area contributed by atoms with Crippen molar-refractivity contribution in [3.05, 3.63) is 11.4 Å². The van der Waals surface area contributed by atoms with Gasteiger partial charge >= 0.3 is 5.97 Å². The van der Waals surface area contributed by atoms with Gasteiger partial charge in [0.2, 0.25) is 10.0 Å². The molecule has 0 aliphatic rings. The average molecular weight is 318 g/mol. The maximum absolute atomic E-state index is 12.3. The molecule has 0 saturated carbocycles. The molecule has 1 aromatic rings. The van der Waals surface area contributed by atoms with Crippen LogP contribution in [0.1, 0.15) is 18.3 Å². The molecule has 0 fully saturated rings. The molecule has 120 valence electrons. The van der Waals surface area contributed by atoms with E-state index in [9.17, 15) is 13.2 Å². The molecule has 9 heteroatoms. The van der Waals surface area contributed by atoms with Crippen LogP contribution in [0.25, 0.3) is 0 Å². The Balaban J connectivity index is 2.93. The Hall–Kier alpha value is -1.45. The largest absolute Gasteiger partial charge is 0.480 e. The standard InChI is InChI=1S/C12H22N4O4S/c1-5-15(4)7-6-13-21(19,20)12-9(2)14-16(10(12)3)8-11(17)18/h13H,5-8H2,1-4H3,(H,17,18). The molecule has 1 rings (SSSR count). The Morgan fingerprint density at radius 1 is 1.43 bits per heavy atom. The van der Waals surface area contributed by atoms with Gasteiger partial charge in [-0.05, 0) is 27.4 Å². The zero-order valence-electron chi connectivity index (χ0n) is 12.8. The number of aromatic nitrogens is 2. The molecule has 0 spiro atoms. The molecule has 0 saturated heterocycles. The lowest BCUT2D eigenvalue weighted by molar-refractivity contribution is -0.137. The number of carboxylic acid groups (broad SMARTS) is 1. The number of carboxylic acids is 1. The lowest BCUT2D eigenvalue weighted by Crippen LogP contribution is -2.33. The van der Waals surface area contributed by atoms with Gasteiger partial charge < -0.3 is 10.0 Å². The van der Waals surface area contributed by atoms with E-state index in [4.69, 9.17) is 5.11 Å². The van der Waals surface area contributed by atoms with Gasteiger partial charge in [-0.15, -0.1) is 0 Å². The monoisotopic (exact) mass is 318 g/mol. The van der Waals surface area contributed by atoms with Gasteiger partial charge in [0.15, 0.2) is 0 Å². The Labute approximate surface area is 124 Å². The van der Waals surface area contributed by atoms with E-state index in [0.29, 0.717) is 17.9 Å². The van der Waals surface area contributed by atoms with Crippen LogP contribution >= 0.6 is 0 Å². The maximum Gasteiger partial charge on any atom is 0.325 e. The summed E-state index contributed by atoms with van der Waals surface area (Å²) < 4.78 is 28.3. The molecule has 1 heterocycles. The molecule has 0 amide bonds. The SMILES string of the molecule is CCN(C)CCNS(=O)(=O)c1c(C)nn(CC(=O)O)c1C. The van der Waals surface area contributed by atoms with Gasteiger partial charge in [-0.3, -0.25) is 9.48 Å². The topological polar surface area (TPSA) is 105 Å². The predicted molar refractivity (Wildman–Crippen MR) is 77.7 cm³/mol. The number of sulfonamides is 1. The lowest BCUT2D eigenvalue weighted by Gasteiger charge is -2.14. The molecule has 0 aliphatic heterocycles. The van der Waals surface area contributed by atoms with E-state index in [2.05, 4.69) is 9.82 Å². The number of aliphatic carboxylic acids is 1. The number of aryl methyl sites for hydroxylation is 1. The van der Waals surface area contributed by atoms with E-state index in [1.807, 2.05) is 18.9 Å². The number of hydrogen-bond donors (Lipinski definition) is 2. The van der Waals surface area contributed by atoms with Gasteiger partial charge in [0.25, 0.3) is 0 Å². The Bertz CT molecular complexity index is 609. The lowest BCUT2D eigenvalue weighted by atomic mass is 10.4. The third-order valence-electron chi connectivity index (χ3n) is 3.19. The molecular formula is C12H22N4O4S. The van der Waals surface area contributed by atoms with E-state index in [0.717, 1.165) is 6.54 Å². The smallest absolute Gasteiger partial charge is 0.325 e. The second-order valence-electron chi connectivity index (χ2n) is 4.85. The maximum atomic E-state index is 12.3. The fraction of sp³-hybridized carbons (Fsp3) is 0.667. The zero-order chi connectivity index (χ0) is 16.2. The van der Waals surface area contributed by atoms with Crippen molar-refractivity contribution < 1.29 is 18.3 Å². The van der Waals surface area contributed by atoms with E-state index < -0.39 is 16.0 Å². The molecule has 0 bridgehead atoms. The summed E-state index contributed by atoms with van der Waals surface area (Å²) in [6.07, 6.45) is 0. The molecule has 2 N–H and O–H groups in total. The van der Waals surface area contributed by atoms with Crippen LogP contribution in [-0.2, 0) is 21.4 Å². The van der Waals surface area contributed by atoms with Crippen LogP contribution in [-0.4, -0.2) is 60.9 Å². The van der Waals surface area contributed by atoms with Crippen LogP contribution in [0.15, 0.2) is 4.90 Å². The minimum absolute atomic E-state index is 0.0582. The van der Waals surface area contributed by atoms with Crippen molar-refractivity contribution >= 4 is 16.0 Å². The van der Waals surface area contributed by atoms with E-state index in [-0.39, 0.29) is 18.0 Å². The number of rotatable bonds is 8. The Kier molecular flexibility index (Phi) is 5.87. The van der Waals surface area contributed by atoms with Crippen molar-refractivity contribution in [3.63, 3.8) is 0 Å². The highest BCUT2D eigenvalue weighted by atomic mass is 32.2. The summed E-state index contributed by atoms with van der Waals surface area (Å²) in [5.41, 5.74) is 0.622. The molecule has 0 atom stereocenters. The summed E-state index contributed by atoms with van der Waals surface area (Å²) >= 11 is 0. The number of nitrogens with zero attached hydrogens (tertiary/aromatic N) is 3. The fourth-order valence-corrected chi connectivity index (χ4v) is 3.38. The predicted octanol–water partition coefficient (Wildman–Crippen LogP) is -0.185. The Morgan fingerprint density at radius 2 is 2.05 bits per heavy atom. The molecule has 21 heavy (non-hydrogen) atoms. The van der Waals surface area contributed by atoms with Crippen molar-refractivity contribution in [3.8, 4) is 0 Å². The summed E-state index contributed by atoms with van der Waals surface area (Å²) in [4.78, 5) is 12.8. The van der Waals surface area contributed by atoms with Gasteiger partial charge in [-0.25, -0.2) is 13.1 Å². The Morgan fingerprint density at radius 3 is 2.57 bits per heavy atom. The first-order valence-corrected chi connectivity index (χ1v) is 8.11. The first-order chi connectivity index (χ1) is 9.69. The van der Waals surface area contributed by atoms with Gasteiger partial charge in [-0.1, -0.05) is 6.92 Å². The van der Waals surface area contributed by atoms with Crippen LogP contribution in [0.2, 0.25) is 0 Å². The molecule has 0 unspecified atom stereocenters. The van der Waals surface area contributed by atoms with Gasteiger partial charge in [0.05, 0.1) is 11.4 Å². The van der Waals surface area contributed by atoms with Crippen LogP contribution < -0.4 is 4.72 Å². The van der Waals surface area contributed by atoms with Crippen molar-refractivity contribution in [1.82, 2.24) is 19.4 Å². The van der Waals surface area contributed by atoms with Crippen LogP contribution in [0.5, 0.6) is 0 Å². The van der Waals surface area contributed by atoms with Crippen molar-refractivity contribution in [1.29, 1.82) is 0 Å². The third-order valence-corrected chi connectivity index (χ3v) is 4.91. The molecule has 0 aliphatic carbocycles. The number of likely N-dealkylation sites (N-methyl/N-ethyl adjacent to an activating group) is 1. The molecule has 0 radical (unpaired) electrons. The third kappa shape index (κ3) is 4.51. The second kappa shape index (κ2) is 7.01. The second-order valence-corrected chi connectivity index (χ2v) is 6.55. The van der Waals surface area contributed by atoms with Crippen LogP contribution in [0, 0.1) is 13.8 Å². The first kappa shape index (κ1) is 17.6. The van der Waals surface area contributed by atoms with Gasteiger partial charge in [0, 0.05) is 13.1 Å². The summed E-state index contributed by atoms with van der Waals surface area (Å²) in [6, 6.07) is 0. The highest BCUT2D eigenvalue weighted by Gasteiger charge is 2.24. The van der Waals surface area contributed by atoms with E-state index >= 15 is 0 Å². The molecular weight excluding hydrogens is 296 g/mol. The summed E-state index contributed by atoms with van der Waals surface area (Å²) in [5.74, 6) is -1.07. The highest BCUT2D eigenvalue weighted by Crippen LogP contribution is 2.18. The van der Waals surface area contributed by atoms with E-state index in [1.165, 1.54) is 4.68 Å². The van der Waals surface area contributed by atoms with Gasteiger partial charge in [0.1, 0.15) is 11.4 Å². The summed E-state index contributed by atoms with van der Waals surface area (Å²) in [7, 11) is -1.79. The fourth-order valence-electron chi connectivity index (χ4n) is 1.95. The summed E-state index contributed by atoms with van der Waals surface area (Å²) in [6.45, 7) is 6.44. The van der Waals surface area contributed by atoms with Crippen LogP contribution in [0.4, 0.5) is 0 Å². The quantitative estimate of drug-likeness (QED) is 0.689. The van der Waals surface area contributed by atoms with Crippen molar-refractivity contribution in [2.75, 3.05) is 26.7 Å². The minimum Gasteiger partial charge on any atom is -0.480 e. The molecule has 8 nitrogen and oxygen atoms in total. The van der Waals surface area contributed by atoms with Crippen LogP contribution in [0.3, 0.4) is 0 Å². The molecule has 1 aromatic heterocycles. The first-order valence-electron chi connectivity index (χ1n) is 6.63. The normalized spacial score (nSPS) is 12.0. The zero-order valence-corrected chi connectivity index (χ0v) is 13.6. The van der Waals surface area contributed by atoms with Gasteiger partial charge in [-0.2, -0.15) is 5.10 Å². The average Bonchev–Trinajstić information content (AvgIpc) is 2.63. The summed E-state index contributed by atoms with van der Waals surface area (Å²) in [5, 5.41) is 12.8. The number of hydrogen-bond acceptors (Lipinski definition) is 5.